The summed E-state index contributed by atoms with van der Waals surface area (Å²) in [6, 6.07) is 0. The highest BCUT2D eigenvalue weighted by Gasteiger charge is 2.05. The minimum Gasteiger partial charge on any atom is -0.396 e. The van der Waals surface area contributed by atoms with E-state index >= 15 is 0 Å². The molecule has 1 atom stereocenters. The maximum absolute atomic E-state index is 8.79. The van der Waals surface area contributed by atoms with E-state index in [4.69, 9.17) is 5.11 Å². The Kier molecular flexibility index (Phi) is 6.37. The van der Waals surface area contributed by atoms with Gasteiger partial charge in [-0.1, -0.05) is 25.6 Å². The highest BCUT2D eigenvalue weighted by atomic mass is 32.2. The second-order valence-corrected chi connectivity index (χ2v) is 5.00. The molecule has 0 spiro atoms. The summed E-state index contributed by atoms with van der Waals surface area (Å²) in [4.78, 5) is 8.57. The second-order valence-electron chi connectivity index (χ2n) is 3.59. The SMILES string of the molecule is CCNCc1cnc(SC(C)CCO)nc1. The van der Waals surface area contributed by atoms with Crippen molar-refractivity contribution >= 4 is 11.8 Å². The molecule has 0 saturated heterocycles. The van der Waals surface area contributed by atoms with Crippen LogP contribution in [0, 0.1) is 0 Å². The minimum atomic E-state index is 0.215. The number of thioether (sulfide) groups is 1. The van der Waals surface area contributed by atoms with Gasteiger partial charge in [0.1, 0.15) is 0 Å². The third kappa shape index (κ3) is 4.92. The van der Waals surface area contributed by atoms with Gasteiger partial charge >= 0.3 is 0 Å². The van der Waals surface area contributed by atoms with Gasteiger partial charge in [-0.25, -0.2) is 9.97 Å². The van der Waals surface area contributed by atoms with Crippen LogP contribution in [0.15, 0.2) is 17.6 Å². The standard InChI is InChI=1S/C11H19N3OS/c1-3-12-6-10-7-13-11(14-8-10)16-9(2)4-5-15/h7-9,12,15H,3-6H2,1-2H3. The molecule has 2 N–H and O–H groups in total. The predicted octanol–water partition coefficient (Wildman–Crippen LogP) is 1.45. The summed E-state index contributed by atoms with van der Waals surface area (Å²) in [7, 11) is 0. The van der Waals surface area contributed by atoms with Crippen molar-refractivity contribution in [1.29, 1.82) is 0 Å². The zero-order chi connectivity index (χ0) is 11.8. The van der Waals surface area contributed by atoms with Crippen LogP contribution >= 0.6 is 11.8 Å². The average Bonchev–Trinajstić information content (AvgIpc) is 2.28. The monoisotopic (exact) mass is 241 g/mol. The highest BCUT2D eigenvalue weighted by molar-refractivity contribution is 7.99. The lowest BCUT2D eigenvalue weighted by Gasteiger charge is -2.08. The first kappa shape index (κ1) is 13.4. The minimum absolute atomic E-state index is 0.215. The van der Waals surface area contributed by atoms with Crippen molar-refractivity contribution in [1.82, 2.24) is 15.3 Å². The maximum Gasteiger partial charge on any atom is 0.187 e. The molecular weight excluding hydrogens is 222 g/mol. The first-order valence-corrected chi connectivity index (χ1v) is 6.43. The van der Waals surface area contributed by atoms with E-state index < -0.39 is 0 Å². The Balaban J connectivity index is 2.44. The van der Waals surface area contributed by atoms with Crippen LogP contribution in [0.2, 0.25) is 0 Å². The van der Waals surface area contributed by atoms with Crippen molar-refractivity contribution < 1.29 is 5.11 Å². The Bertz CT molecular complexity index is 292. The van der Waals surface area contributed by atoms with E-state index in [1.54, 1.807) is 11.8 Å². The lowest BCUT2D eigenvalue weighted by Crippen LogP contribution is -2.12. The van der Waals surface area contributed by atoms with Crippen LogP contribution in [-0.2, 0) is 6.54 Å². The van der Waals surface area contributed by atoms with Crippen molar-refractivity contribution in [3.63, 3.8) is 0 Å². The van der Waals surface area contributed by atoms with Crippen LogP contribution in [-0.4, -0.2) is 33.5 Å². The van der Waals surface area contributed by atoms with Crippen LogP contribution in [0.4, 0.5) is 0 Å². The fourth-order valence-corrected chi connectivity index (χ4v) is 2.00. The van der Waals surface area contributed by atoms with E-state index in [0.717, 1.165) is 30.2 Å². The van der Waals surface area contributed by atoms with E-state index in [1.165, 1.54) is 0 Å². The molecule has 0 aliphatic rings. The van der Waals surface area contributed by atoms with Crippen molar-refractivity contribution in [3.05, 3.63) is 18.0 Å². The largest absolute Gasteiger partial charge is 0.396 e. The first-order chi connectivity index (χ1) is 7.76. The Morgan fingerprint density at radius 1 is 1.44 bits per heavy atom. The molecule has 0 saturated carbocycles. The lowest BCUT2D eigenvalue weighted by atomic mass is 10.3. The number of nitrogens with zero attached hydrogens (tertiary/aromatic N) is 2. The molecule has 0 aliphatic heterocycles. The summed E-state index contributed by atoms with van der Waals surface area (Å²) in [6.07, 6.45) is 4.47. The Morgan fingerprint density at radius 2 is 2.12 bits per heavy atom. The molecule has 0 fully saturated rings. The zero-order valence-electron chi connectivity index (χ0n) is 9.81. The molecule has 0 bridgehead atoms. The zero-order valence-corrected chi connectivity index (χ0v) is 10.6. The van der Waals surface area contributed by atoms with Crippen LogP contribution < -0.4 is 5.32 Å². The fourth-order valence-electron chi connectivity index (χ4n) is 1.19. The van der Waals surface area contributed by atoms with E-state index in [1.807, 2.05) is 12.4 Å². The molecule has 1 aromatic heterocycles. The van der Waals surface area contributed by atoms with Crippen molar-refractivity contribution in [2.45, 2.75) is 37.2 Å². The maximum atomic E-state index is 8.79. The number of hydrogen-bond acceptors (Lipinski definition) is 5. The average molecular weight is 241 g/mol. The van der Waals surface area contributed by atoms with Crippen molar-refractivity contribution in [3.8, 4) is 0 Å². The predicted molar refractivity (Wildman–Crippen MR) is 66.4 cm³/mol. The molecule has 5 heteroatoms. The summed E-state index contributed by atoms with van der Waals surface area (Å²) >= 11 is 1.60. The van der Waals surface area contributed by atoms with Crippen LogP contribution in [0.25, 0.3) is 0 Å². The lowest BCUT2D eigenvalue weighted by molar-refractivity contribution is 0.289. The van der Waals surface area contributed by atoms with Crippen molar-refractivity contribution in [2.24, 2.45) is 0 Å². The number of aliphatic hydroxyl groups is 1. The molecule has 0 aromatic carbocycles. The third-order valence-electron chi connectivity index (χ3n) is 2.10. The Hall–Kier alpha value is -0.650. The number of aromatic nitrogens is 2. The summed E-state index contributed by atoms with van der Waals surface area (Å²) in [6.45, 7) is 6.11. The smallest absolute Gasteiger partial charge is 0.187 e. The molecule has 4 nitrogen and oxygen atoms in total. The fraction of sp³-hybridized carbons (Fsp3) is 0.636. The normalized spacial score (nSPS) is 12.7. The molecule has 1 heterocycles. The molecule has 1 aromatic rings. The topological polar surface area (TPSA) is 58.0 Å². The van der Waals surface area contributed by atoms with Gasteiger partial charge in [0.2, 0.25) is 0 Å². The Labute approximate surface area is 101 Å². The summed E-state index contributed by atoms with van der Waals surface area (Å²) in [5, 5.41) is 13.1. The van der Waals surface area contributed by atoms with Crippen LogP contribution in [0.3, 0.4) is 0 Å². The van der Waals surface area contributed by atoms with Gasteiger partial charge in [-0.15, -0.1) is 0 Å². The number of aliphatic hydroxyl groups excluding tert-OH is 1. The highest BCUT2D eigenvalue weighted by Crippen LogP contribution is 2.20. The molecule has 16 heavy (non-hydrogen) atoms. The molecule has 1 rings (SSSR count). The van der Waals surface area contributed by atoms with Crippen molar-refractivity contribution in [2.75, 3.05) is 13.2 Å². The summed E-state index contributed by atoms with van der Waals surface area (Å²) < 4.78 is 0. The molecule has 0 radical (unpaired) electrons. The number of rotatable bonds is 7. The summed E-state index contributed by atoms with van der Waals surface area (Å²) in [5.74, 6) is 0. The first-order valence-electron chi connectivity index (χ1n) is 5.55. The third-order valence-corrected chi connectivity index (χ3v) is 3.16. The number of hydrogen-bond donors (Lipinski definition) is 2. The Morgan fingerprint density at radius 3 is 2.69 bits per heavy atom. The van der Waals surface area contributed by atoms with Gasteiger partial charge in [0.05, 0.1) is 0 Å². The van der Waals surface area contributed by atoms with E-state index in [2.05, 4.69) is 29.1 Å². The van der Waals surface area contributed by atoms with Gasteiger partial charge in [-0.05, 0) is 13.0 Å². The van der Waals surface area contributed by atoms with Crippen LogP contribution in [0.5, 0.6) is 0 Å². The van der Waals surface area contributed by atoms with Gasteiger partial charge in [-0.3, -0.25) is 0 Å². The second kappa shape index (κ2) is 7.60. The van der Waals surface area contributed by atoms with Gasteiger partial charge in [-0.2, -0.15) is 0 Å². The number of nitrogens with one attached hydrogen (secondary N) is 1. The molecule has 1 unspecified atom stereocenters. The van der Waals surface area contributed by atoms with Gasteiger partial charge in [0, 0.05) is 36.4 Å². The molecular formula is C11H19N3OS. The van der Waals surface area contributed by atoms with E-state index in [-0.39, 0.29) is 6.61 Å². The van der Waals surface area contributed by atoms with E-state index in [0.29, 0.717) is 5.25 Å². The van der Waals surface area contributed by atoms with Crippen LogP contribution in [0.1, 0.15) is 25.8 Å². The molecule has 0 amide bonds. The molecule has 90 valence electrons. The van der Waals surface area contributed by atoms with Gasteiger partial charge in [0.15, 0.2) is 5.16 Å². The van der Waals surface area contributed by atoms with Gasteiger partial charge < -0.3 is 10.4 Å². The quantitative estimate of drug-likeness (QED) is 0.559. The van der Waals surface area contributed by atoms with Gasteiger partial charge in [0.25, 0.3) is 0 Å². The molecule has 0 aliphatic carbocycles. The van der Waals surface area contributed by atoms with E-state index in [9.17, 15) is 0 Å². The summed E-state index contributed by atoms with van der Waals surface area (Å²) in [5.41, 5.74) is 1.10.